The first-order valence-corrected chi connectivity index (χ1v) is 10.9. The third kappa shape index (κ3) is 3.08. The number of hydrogen-bond acceptors (Lipinski definition) is 5. The normalized spacial score (nSPS) is 19.5. The number of nitrogens with zero attached hydrogens (tertiary/aromatic N) is 2. The summed E-state index contributed by atoms with van der Waals surface area (Å²) in [6.07, 6.45) is 0. The summed E-state index contributed by atoms with van der Waals surface area (Å²) >= 11 is 0. The number of hydrogen-bond donors (Lipinski definition) is 0. The molecule has 0 aromatic heterocycles. The predicted octanol–water partition coefficient (Wildman–Crippen LogP) is 1.82. The van der Waals surface area contributed by atoms with E-state index in [9.17, 15) is 21.6 Å². The molecule has 2 aromatic carbocycles. The molecule has 26 heavy (non-hydrogen) atoms. The number of sulfonamides is 2. The van der Waals surface area contributed by atoms with Gasteiger partial charge in [-0.2, -0.15) is 0 Å². The molecule has 1 atom stereocenters. The molecule has 0 radical (unpaired) electrons. The number of amides is 1. The Balaban J connectivity index is 1.94. The Kier molecular flexibility index (Phi) is 4.53. The summed E-state index contributed by atoms with van der Waals surface area (Å²) in [5, 5.41) is 0. The van der Waals surface area contributed by atoms with Crippen molar-refractivity contribution in [2.45, 2.75) is 11.8 Å². The van der Waals surface area contributed by atoms with Crippen LogP contribution in [0.25, 0.3) is 0 Å². The highest BCUT2D eigenvalue weighted by Crippen LogP contribution is 2.30. The predicted molar refractivity (Wildman–Crippen MR) is 98.9 cm³/mol. The largest absolute Gasteiger partial charge is 0.273 e. The molecule has 2 aromatic rings. The molecular weight excluding hydrogens is 376 g/mol. The molecule has 1 saturated heterocycles. The van der Waals surface area contributed by atoms with Crippen molar-refractivity contribution in [3.63, 3.8) is 0 Å². The van der Waals surface area contributed by atoms with Crippen LogP contribution in [0.1, 0.15) is 6.92 Å². The minimum Gasteiger partial charge on any atom is -0.273 e. The summed E-state index contributed by atoms with van der Waals surface area (Å²) in [6.45, 7) is 1.55. The number of rotatable bonds is 4. The van der Waals surface area contributed by atoms with E-state index < -0.39 is 31.9 Å². The van der Waals surface area contributed by atoms with Gasteiger partial charge < -0.3 is 0 Å². The maximum Gasteiger partial charge on any atom is 0.264 e. The van der Waals surface area contributed by atoms with E-state index in [2.05, 4.69) is 0 Å². The molecule has 1 aliphatic heterocycles. The Bertz CT molecular complexity index is 1030. The van der Waals surface area contributed by atoms with Gasteiger partial charge in [-0.05, 0) is 36.4 Å². The monoisotopic (exact) mass is 394 g/mol. The maximum atomic E-state index is 12.7. The Morgan fingerprint density at radius 3 is 2.12 bits per heavy atom. The van der Waals surface area contributed by atoms with Gasteiger partial charge in [0.05, 0.1) is 27.9 Å². The fourth-order valence-corrected chi connectivity index (χ4v) is 5.79. The zero-order valence-electron chi connectivity index (χ0n) is 14.2. The van der Waals surface area contributed by atoms with Crippen molar-refractivity contribution in [2.24, 2.45) is 5.92 Å². The van der Waals surface area contributed by atoms with E-state index in [1.54, 1.807) is 37.3 Å². The quantitative estimate of drug-likeness (QED) is 0.789. The highest BCUT2D eigenvalue weighted by Gasteiger charge is 2.42. The first kappa shape index (κ1) is 18.4. The Hall–Kier alpha value is -2.39. The molecule has 9 heteroatoms. The van der Waals surface area contributed by atoms with Crippen LogP contribution in [0.4, 0.5) is 11.4 Å². The fraction of sp³-hybridized carbons (Fsp3) is 0.235. The van der Waals surface area contributed by atoms with Crippen LogP contribution in [-0.4, -0.2) is 35.5 Å². The molecule has 0 unspecified atom stereocenters. The van der Waals surface area contributed by atoms with Crippen molar-refractivity contribution in [3.8, 4) is 0 Å². The van der Waals surface area contributed by atoms with Gasteiger partial charge in [-0.15, -0.1) is 0 Å². The van der Waals surface area contributed by atoms with Crippen LogP contribution in [0.3, 0.4) is 0 Å². The van der Waals surface area contributed by atoms with E-state index in [0.717, 1.165) is 8.61 Å². The molecule has 1 heterocycles. The number of benzene rings is 2. The maximum absolute atomic E-state index is 12.7. The molecule has 1 amide bonds. The lowest BCUT2D eigenvalue weighted by Gasteiger charge is -2.20. The molecular formula is C17H18N2O5S2. The van der Waals surface area contributed by atoms with Gasteiger partial charge >= 0.3 is 0 Å². The Morgan fingerprint density at radius 1 is 1.04 bits per heavy atom. The third-order valence-corrected chi connectivity index (χ3v) is 7.88. The third-order valence-electron chi connectivity index (χ3n) is 4.21. The molecule has 0 saturated carbocycles. The van der Waals surface area contributed by atoms with E-state index in [1.165, 1.54) is 31.3 Å². The van der Waals surface area contributed by atoms with Gasteiger partial charge in [0.2, 0.25) is 15.9 Å². The zero-order chi connectivity index (χ0) is 19.1. The summed E-state index contributed by atoms with van der Waals surface area (Å²) in [6, 6.07) is 13.9. The van der Waals surface area contributed by atoms with Gasteiger partial charge in [0.15, 0.2) is 0 Å². The number of anilines is 2. The van der Waals surface area contributed by atoms with Crippen LogP contribution in [-0.2, 0) is 24.8 Å². The van der Waals surface area contributed by atoms with E-state index in [0.29, 0.717) is 5.69 Å². The number of carbonyl (C=O) groups is 1. The molecule has 0 aliphatic carbocycles. The highest BCUT2D eigenvalue weighted by atomic mass is 32.2. The fourth-order valence-electron chi connectivity index (χ4n) is 2.78. The van der Waals surface area contributed by atoms with Gasteiger partial charge in [0, 0.05) is 7.05 Å². The SMILES string of the molecule is C[C@H]1CS(=O)(=O)N(c2ccc(S(=O)(=O)N(C)c3ccccc3)cc2)C1=O. The van der Waals surface area contributed by atoms with Gasteiger partial charge in [-0.25, -0.2) is 21.1 Å². The molecule has 138 valence electrons. The highest BCUT2D eigenvalue weighted by molar-refractivity contribution is 7.94. The van der Waals surface area contributed by atoms with E-state index >= 15 is 0 Å². The zero-order valence-corrected chi connectivity index (χ0v) is 15.9. The molecule has 0 bridgehead atoms. The van der Waals surface area contributed by atoms with Gasteiger partial charge in [-0.3, -0.25) is 9.10 Å². The average Bonchev–Trinajstić information content (AvgIpc) is 2.82. The second-order valence-electron chi connectivity index (χ2n) is 6.08. The van der Waals surface area contributed by atoms with Crippen molar-refractivity contribution in [1.29, 1.82) is 0 Å². The van der Waals surface area contributed by atoms with Crippen molar-refractivity contribution in [2.75, 3.05) is 21.4 Å². The van der Waals surface area contributed by atoms with Crippen LogP contribution >= 0.6 is 0 Å². The number of para-hydroxylation sites is 1. The minimum atomic E-state index is -3.80. The summed E-state index contributed by atoms with van der Waals surface area (Å²) in [4.78, 5) is 12.1. The lowest BCUT2D eigenvalue weighted by molar-refractivity contribution is -0.119. The Labute approximate surface area is 153 Å². The lowest BCUT2D eigenvalue weighted by Crippen LogP contribution is -2.30. The lowest BCUT2D eigenvalue weighted by atomic mass is 10.2. The summed E-state index contributed by atoms with van der Waals surface area (Å²) in [7, 11) is -6.09. The van der Waals surface area contributed by atoms with Crippen molar-refractivity contribution in [1.82, 2.24) is 0 Å². The van der Waals surface area contributed by atoms with E-state index in [1.807, 2.05) is 0 Å². The first-order valence-electron chi connectivity index (χ1n) is 7.85. The minimum absolute atomic E-state index is 0.00435. The smallest absolute Gasteiger partial charge is 0.264 e. The van der Waals surface area contributed by atoms with E-state index in [4.69, 9.17) is 0 Å². The average molecular weight is 394 g/mol. The summed E-state index contributed by atoms with van der Waals surface area (Å²) in [5.74, 6) is -1.38. The Morgan fingerprint density at radius 2 is 1.62 bits per heavy atom. The first-order chi connectivity index (χ1) is 12.1. The molecule has 1 fully saturated rings. The van der Waals surface area contributed by atoms with Crippen LogP contribution < -0.4 is 8.61 Å². The molecule has 1 aliphatic rings. The summed E-state index contributed by atoms with van der Waals surface area (Å²) < 4.78 is 51.6. The molecule has 7 nitrogen and oxygen atoms in total. The molecule has 0 N–H and O–H groups in total. The topological polar surface area (TPSA) is 91.8 Å². The second kappa shape index (κ2) is 6.40. The van der Waals surface area contributed by atoms with Gasteiger partial charge in [0.25, 0.3) is 10.0 Å². The standard InChI is InChI=1S/C17H18N2O5S2/c1-13-12-25(21,22)19(17(13)20)15-8-10-16(11-9-15)26(23,24)18(2)14-6-4-3-5-7-14/h3-11,13H,12H2,1-2H3/t13-/m0/s1. The van der Waals surface area contributed by atoms with Gasteiger partial charge in [-0.1, -0.05) is 25.1 Å². The van der Waals surface area contributed by atoms with Crippen LogP contribution in [0.2, 0.25) is 0 Å². The van der Waals surface area contributed by atoms with Crippen LogP contribution in [0.15, 0.2) is 59.5 Å². The number of carbonyl (C=O) groups excluding carboxylic acids is 1. The van der Waals surface area contributed by atoms with Crippen molar-refractivity contribution >= 4 is 37.3 Å². The summed E-state index contributed by atoms with van der Waals surface area (Å²) in [5.41, 5.74) is 0.642. The van der Waals surface area contributed by atoms with Gasteiger partial charge in [0.1, 0.15) is 0 Å². The second-order valence-corrected chi connectivity index (χ2v) is 9.92. The van der Waals surface area contributed by atoms with Crippen LogP contribution in [0, 0.1) is 5.92 Å². The van der Waals surface area contributed by atoms with Crippen LogP contribution in [0.5, 0.6) is 0 Å². The van der Waals surface area contributed by atoms with Crippen molar-refractivity contribution < 1.29 is 21.6 Å². The van der Waals surface area contributed by atoms with E-state index in [-0.39, 0.29) is 16.3 Å². The molecule has 0 spiro atoms. The van der Waals surface area contributed by atoms with Crippen molar-refractivity contribution in [3.05, 3.63) is 54.6 Å². The molecule has 3 rings (SSSR count).